The molecule has 9 heteroatoms. The van der Waals surface area contributed by atoms with Crippen LogP contribution in [0.25, 0.3) is 0 Å². The highest BCUT2D eigenvalue weighted by atomic mass is 35.5. The van der Waals surface area contributed by atoms with E-state index in [1.807, 2.05) is 12.1 Å². The number of ketones is 1. The number of hydrogen-bond acceptors (Lipinski definition) is 6. The highest BCUT2D eigenvalue weighted by molar-refractivity contribution is 8.03. The first-order chi connectivity index (χ1) is 17.6. The third-order valence-corrected chi connectivity index (χ3v) is 7.44. The molecule has 37 heavy (non-hydrogen) atoms. The Morgan fingerprint density at radius 1 is 1.08 bits per heavy atom. The van der Waals surface area contributed by atoms with Gasteiger partial charge in [-0.2, -0.15) is 5.26 Å². The predicted molar refractivity (Wildman–Crippen MR) is 147 cm³/mol. The van der Waals surface area contributed by atoms with Crippen LogP contribution >= 0.6 is 23.4 Å². The van der Waals surface area contributed by atoms with E-state index in [4.69, 9.17) is 11.6 Å². The van der Waals surface area contributed by atoms with Gasteiger partial charge in [-0.1, -0.05) is 49.3 Å². The fourth-order valence-corrected chi connectivity index (χ4v) is 5.64. The number of dihydropyridines is 1. The summed E-state index contributed by atoms with van der Waals surface area (Å²) in [7, 11) is 0. The van der Waals surface area contributed by atoms with Crippen molar-refractivity contribution in [2.24, 2.45) is 5.41 Å². The van der Waals surface area contributed by atoms with Crippen molar-refractivity contribution in [3.63, 3.8) is 0 Å². The molecule has 7 nitrogen and oxygen atoms in total. The maximum absolute atomic E-state index is 13.3. The second kappa shape index (κ2) is 10.8. The number of amides is 2. The first-order valence-corrected chi connectivity index (χ1v) is 13.2. The van der Waals surface area contributed by atoms with Gasteiger partial charge in [0.15, 0.2) is 5.78 Å². The van der Waals surface area contributed by atoms with Gasteiger partial charge in [-0.05, 0) is 53.8 Å². The third kappa shape index (κ3) is 6.24. The Balaban J connectivity index is 1.57. The Bertz CT molecular complexity index is 1360. The Hall–Kier alpha value is -3.54. The van der Waals surface area contributed by atoms with Crippen molar-refractivity contribution in [1.82, 2.24) is 5.32 Å². The molecule has 1 aliphatic carbocycles. The lowest BCUT2D eigenvalue weighted by molar-refractivity contribution is -0.118. The minimum Gasteiger partial charge on any atom is -0.352 e. The van der Waals surface area contributed by atoms with E-state index in [2.05, 4.69) is 35.9 Å². The van der Waals surface area contributed by atoms with Crippen LogP contribution in [0.5, 0.6) is 0 Å². The summed E-state index contributed by atoms with van der Waals surface area (Å²) >= 11 is 7.33. The molecule has 0 aromatic heterocycles. The number of nitrogens with one attached hydrogen (secondary N) is 3. The van der Waals surface area contributed by atoms with E-state index in [1.165, 1.54) is 18.7 Å². The molecule has 4 rings (SSSR count). The smallest absolute Gasteiger partial charge is 0.234 e. The summed E-state index contributed by atoms with van der Waals surface area (Å²) in [4.78, 5) is 37.2. The van der Waals surface area contributed by atoms with Crippen LogP contribution in [0.2, 0.25) is 5.02 Å². The van der Waals surface area contributed by atoms with Crippen LogP contribution in [0.1, 0.15) is 45.1 Å². The summed E-state index contributed by atoms with van der Waals surface area (Å²) in [5.74, 6) is -0.849. The van der Waals surface area contributed by atoms with E-state index in [0.717, 1.165) is 11.3 Å². The fourth-order valence-electron chi connectivity index (χ4n) is 4.65. The zero-order chi connectivity index (χ0) is 26.7. The van der Waals surface area contributed by atoms with E-state index in [0.29, 0.717) is 45.4 Å². The molecule has 2 aliphatic rings. The molecule has 3 N–H and O–H groups in total. The van der Waals surface area contributed by atoms with E-state index in [1.54, 1.807) is 36.4 Å². The summed E-state index contributed by atoms with van der Waals surface area (Å²) in [5, 5.41) is 20.2. The highest BCUT2D eigenvalue weighted by Gasteiger charge is 2.41. The molecule has 1 heterocycles. The van der Waals surface area contributed by atoms with Gasteiger partial charge in [0.2, 0.25) is 11.8 Å². The normalized spacial score (nSPS) is 18.5. The van der Waals surface area contributed by atoms with Gasteiger partial charge in [-0.25, -0.2) is 0 Å². The number of carbonyl (C=O) groups is 3. The van der Waals surface area contributed by atoms with E-state index >= 15 is 0 Å². The van der Waals surface area contributed by atoms with Crippen molar-refractivity contribution in [2.75, 3.05) is 16.4 Å². The number of thioether (sulfide) groups is 1. The number of allylic oxidation sites excluding steroid dienone is 3. The minimum atomic E-state index is -0.519. The van der Waals surface area contributed by atoms with Crippen molar-refractivity contribution >= 4 is 52.3 Å². The Kier molecular flexibility index (Phi) is 7.76. The molecule has 0 unspecified atom stereocenters. The maximum Gasteiger partial charge on any atom is 0.234 e. The number of nitriles is 1. The second-order valence-electron chi connectivity index (χ2n) is 9.89. The molecule has 0 saturated heterocycles. The molecule has 0 bridgehead atoms. The topological polar surface area (TPSA) is 111 Å². The SMILES string of the molecule is CC(=O)Nc1ccc(NC(=O)CSC2=C(C#N)[C@@H](c3ccc(Cl)cc3)C3=C(CC(C)(C)CC3=O)N2)cc1. The van der Waals surface area contributed by atoms with Crippen molar-refractivity contribution in [3.05, 3.63) is 81.0 Å². The number of anilines is 2. The van der Waals surface area contributed by atoms with Crippen molar-refractivity contribution < 1.29 is 14.4 Å². The molecular formula is C28H27ClN4O3S. The summed E-state index contributed by atoms with van der Waals surface area (Å²) in [5.41, 5.74) is 3.65. The van der Waals surface area contributed by atoms with Crippen molar-refractivity contribution in [1.29, 1.82) is 5.26 Å². The summed E-state index contributed by atoms with van der Waals surface area (Å²) < 4.78 is 0. The number of carbonyl (C=O) groups excluding carboxylic acids is 3. The molecule has 190 valence electrons. The van der Waals surface area contributed by atoms with Crippen LogP contribution in [0.3, 0.4) is 0 Å². The molecule has 0 saturated carbocycles. The fraction of sp³-hybridized carbons (Fsp3) is 0.286. The van der Waals surface area contributed by atoms with Gasteiger partial charge in [0.05, 0.1) is 28.3 Å². The van der Waals surface area contributed by atoms with Gasteiger partial charge in [-0.15, -0.1) is 0 Å². The van der Waals surface area contributed by atoms with Crippen LogP contribution < -0.4 is 16.0 Å². The summed E-state index contributed by atoms with van der Waals surface area (Å²) in [6, 6.07) is 16.3. The molecule has 0 spiro atoms. The number of hydrogen-bond donors (Lipinski definition) is 3. The molecule has 2 aromatic carbocycles. The van der Waals surface area contributed by atoms with Gasteiger partial charge in [0.25, 0.3) is 0 Å². The molecule has 0 radical (unpaired) electrons. The monoisotopic (exact) mass is 534 g/mol. The average Bonchev–Trinajstić information content (AvgIpc) is 2.82. The molecular weight excluding hydrogens is 508 g/mol. The quantitative estimate of drug-likeness (QED) is 0.436. The van der Waals surface area contributed by atoms with Crippen LogP contribution in [-0.4, -0.2) is 23.4 Å². The first-order valence-electron chi connectivity index (χ1n) is 11.8. The van der Waals surface area contributed by atoms with Gasteiger partial charge in [0, 0.05) is 41.0 Å². The number of halogens is 1. The number of Topliss-reactive ketones (excluding diaryl/α,β-unsaturated/α-hetero) is 1. The van der Waals surface area contributed by atoms with E-state index < -0.39 is 5.92 Å². The summed E-state index contributed by atoms with van der Waals surface area (Å²) in [6.07, 6.45) is 1.07. The third-order valence-electron chi connectivity index (χ3n) is 6.17. The molecule has 2 aromatic rings. The largest absolute Gasteiger partial charge is 0.352 e. The minimum absolute atomic E-state index is 0.0240. The van der Waals surface area contributed by atoms with Gasteiger partial charge in [0.1, 0.15) is 0 Å². The Morgan fingerprint density at radius 3 is 2.30 bits per heavy atom. The molecule has 0 fully saturated rings. The molecule has 1 aliphatic heterocycles. The number of benzene rings is 2. The van der Waals surface area contributed by atoms with Crippen LogP contribution in [0, 0.1) is 16.7 Å². The number of rotatable bonds is 6. The lowest BCUT2D eigenvalue weighted by Gasteiger charge is -2.39. The second-order valence-corrected chi connectivity index (χ2v) is 11.3. The standard InChI is InChI=1S/C28H27ClN4O3S/c1-16(34)31-19-8-10-20(11-9-19)32-24(36)15-37-27-21(14-30)25(17-4-6-18(29)7-5-17)26-22(33-27)12-28(2,3)13-23(26)35/h4-11,25,33H,12-13,15H2,1-3H3,(H,31,34)(H,32,36)/t25-/m1/s1. The average molecular weight is 535 g/mol. The van der Waals surface area contributed by atoms with Crippen LogP contribution in [0.15, 0.2) is 70.4 Å². The lowest BCUT2D eigenvalue weighted by Crippen LogP contribution is -2.37. The van der Waals surface area contributed by atoms with E-state index in [-0.39, 0.29) is 28.8 Å². The van der Waals surface area contributed by atoms with Crippen molar-refractivity contribution in [2.45, 2.75) is 39.5 Å². The maximum atomic E-state index is 13.3. The Labute approximate surface area is 225 Å². The lowest BCUT2D eigenvalue weighted by atomic mass is 9.69. The predicted octanol–water partition coefficient (Wildman–Crippen LogP) is 5.74. The van der Waals surface area contributed by atoms with Crippen LogP contribution in [0.4, 0.5) is 11.4 Å². The van der Waals surface area contributed by atoms with Gasteiger partial charge >= 0.3 is 0 Å². The number of nitrogens with zero attached hydrogens (tertiary/aromatic N) is 1. The molecule has 1 atom stereocenters. The zero-order valence-corrected chi connectivity index (χ0v) is 22.3. The van der Waals surface area contributed by atoms with Gasteiger partial charge < -0.3 is 16.0 Å². The zero-order valence-electron chi connectivity index (χ0n) is 20.8. The Morgan fingerprint density at radius 2 is 1.70 bits per heavy atom. The van der Waals surface area contributed by atoms with E-state index in [9.17, 15) is 19.6 Å². The van der Waals surface area contributed by atoms with Crippen molar-refractivity contribution in [3.8, 4) is 6.07 Å². The highest BCUT2D eigenvalue weighted by Crippen LogP contribution is 2.47. The van der Waals surface area contributed by atoms with Crippen LogP contribution in [-0.2, 0) is 14.4 Å². The van der Waals surface area contributed by atoms with Gasteiger partial charge in [-0.3, -0.25) is 14.4 Å². The molecule has 2 amide bonds. The first kappa shape index (κ1) is 26.5. The summed E-state index contributed by atoms with van der Waals surface area (Å²) in [6.45, 7) is 5.53.